The van der Waals surface area contributed by atoms with E-state index in [1.54, 1.807) is 27.7 Å². The van der Waals surface area contributed by atoms with Crippen LogP contribution in [0.4, 0.5) is 0 Å². The second-order valence-electron chi connectivity index (χ2n) is 5.95. The normalized spacial score (nSPS) is 13.5. The summed E-state index contributed by atoms with van der Waals surface area (Å²) >= 11 is 0. The number of carbonyl (C=O) groups excluding carboxylic acids is 4. The average molecular weight is 314 g/mol. The molecule has 2 amide bonds. The van der Waals surface area contributed by atoms with Gasteiger partial charge >= 0.3 is 11.8 Å². The fraction of sp³-hybridized carbons (Fsp3) is 0.714. The Morgan fingerprint density at radius 2 is 1.00 bits per heavy atom. The predicted octanol–water partition coefficient (Wildman–Crippen LogP) is -2.45. The van der Waals surface area contributed by atoms with Crippen molar-refractivity contribution in [1.29, 1.82) is 0 Å². The number of aliphatic carboxylic acids is 2. The summed E-state index contributed by atoms with van der Waals surface area (Å²) < 4.78 is 0. The van der Waals surface area contributed by atoms with Crippen LogP contribution in [-0.4, -0.2) is 35.8 Å². The Hall–Kier alpha value is -2.12. The highest BCUT2D eigenvalue weighted by molar-refractivity contribution is 6.35. The lowest BCUT2D eigenvalue weighted by atomic mass is 10.0. The van der Waals surface area contributed by atoms with Gasteiger partial charge in [0.25, 0.3) is 0 Å². The van der Waals surface area contributed by atoms with Gasteiger partial charge in [-0.25, -0.2) is 0 Å². The molecule has 22 heavy (non-hydrogen) atoms. The molecule has 0 rings (SSSR count). The summed E-state index contributed by atoms with van der Waals surface area (Å²) in [5.41, 5.74) is 0. The van der Waals surface area contributed by atoms with Crippen LogP contribution in [0.2, 0.25) is 0 Å². The van der Waals surface area contributed by atoms with E-state index in [1.165, 1.54) is 0 Å². The number of amides is 2. The summed E-state index contributed by atoms with van der Waals surface area (Å²) in [6.45, 7) is 6.99. The van der Waals surface area contributed by atoms with Crippen LogP contribution in [0.1, 0.15) is 40.5 Å². The SMILES string of the molecule is CC(C)C[C@H](NC(=O)C(=O)N[C@H](CC(C)C)C(=O)[O-])C(=O)[O-]. The van der Waals surface area contributed by atoms with Crippen molar-refractivity contribution in [2.45, 2.75) is 52.6 Å². The minimum atomic E-state index is -1.51. The van der Waals surface area contributed by atoms with E-state index in [4.69, 9.17) is 0 Å². The minimum absolute atomic E-state index is 0.0387. The third-order valence-corrected chi connectivity index (χ3v) is 2.80. The Balaban J connectivity index is 4.72. The molecular weight excluding hydrogens is 292 g/mol. The first kappa shape index (κ1) is 19.9. The molecule has 0 fully saturated rings. The van der Waals surface area contributed by atoms with Gasteiger partial charge in [-0.15, -0.1) is 0 Å². The highest BCUT2D eigenvalue weighted by Gasteiger charge is 2.23. The van der Waals surface area contributed by atoms with Crippen LogP contribution in [0.5, 0.6) is 0 Å². The summed E-state index contributed by atoms with van der Waals surface area (Å²) in [5.74, 6) is -5.52. The molecule has 126 valence electrons. The molecule has 0 bridgehead atoms. The number of hydrogen-bond donors (Lipinski definition) is 2. The van der Waals surface area contributed by atoms with E-state index >= 15 is 0 Å². The average Bonchev–Trinajstić information content (AvgIpc) is 2.35. The standard InChI is InChI=1S/C14H24N2O6/c1-7(2)5-9(13(19)20)15-11(17)12(18)16-10(14(21)22)6-8(3)4/h7-10H,5-6H2,1-4H3,(H,15,17)(H,16,18)(H,19,20)(H,21,22)/p-2/t9-,10+. The quantitative estimate of drug-likeness (QED) is 0.477. The van der Waals surface area contributed by atoms with Crippen LogP contribution in [-0.2, 0) is 19.2 Å². The molecule has 0 aliphatic rings. The number of carboxylic acids is 2. The van der Waals surface area contributed by atoms with Gasteiger partial charge in [0.2, 0.25) is 0 Å². The zero-order valence-corrected chi connectivity index (χ0v) is 13.2. The highest BCUT2D eigenvalue weighted by Crippen LogP contribution is 2.05. The number of carbonyl (C=O) groups is 4. The highest BCUT2D eigenvalue weighted by atomic mass is 16.4. The molecule has 8 nitrogen and oxygen atoms in total. The minimum Gasteiger partial charge on any atom is -0.548 e. The monoisotopic (exact) mass is 314 g/mol. The van der Waals surface area contributed by atoms with E-state index in [1.807, 2.05) is 10.6 Å². The largest absolute Gasteiger partial charge is 0.548 e. The summed E-state index contributed by atoms with van der Waals surface area (Å²) in [6.07, 6.45) is 0.189. The third-order valence-electron chi connectivity index (χ3n) is 2.80. The van der Waals surface area contributed by atoms with Crippen molar-refractivity contribution in [3.63, 3.8) is 0 Å². The summed E-state index contributed by atoms with van der Waals surface area (Å²) in [6, 6.07) is -2.63. The Morgan fingerprint density at radius 3 is 1.18 bits per heavy atom. The molecule has 0 aliphatic carbocycles. The van der Waals surface area contributed by atoms with E-state index in [2.05, 4.69) is 0 Å². The van der Waals surface area contributed by atoms with Gasteiger partial charge in [-0.3, -0.25) is 9.59 Å². The van der Waals surface area contributed by atoms with Gasteiger partial charge in [-0.05, 0) is 24.7 Å². The van der Waals surface area contributed by atoms with Gasteiger partial charge in [0.15, 0.2) is 0 Å². The number of carboxylic acid groups (broad SMARTS) is 2. The molecule has 0 radical (unpaired) electrons. The summed E-state index contributed by atoms with van der Waals surface area (Å²) in [4.78, 5) is 45.1. The van der Waals surface area contributed by atoms with Crippen molar-refractivity contribution in [2.75, 3.05) is 0 Å². The second-order valence-corrected chi connectivity index (χ2v) is 5.95. The first-order chi connectivity index (χ1) is 10.0. The molecule has 0 aromatic heterocycles. The Bertz CT molecular complexity index is 393. The van der Waals surface area contributed by atoms with E-state index in [-0.39, 0.29) is 24.7 Å². The molecule has 0 unspecified atom stereocenters. The fourth-order valence-electron chi connectivity index (χ4n) is 1.82. The predicted molar refractivity (Wildman–Crippen MR) is 72.8 cm³/mol. The Labute approximate surface area is 129 Å². The van der Waals surface area contributed by atoms with Gasteiger partial charge in [0.1, 0.15) is 0 Å². The molecule has 0 saturated carbocycles. The molecular formula is C14H22N2O6-2. The van der Waals surface area contributed by atoms with Crippen LogP contribution in [0.15, 0.2) is 0 Å². The topological polar surface area (TPSA) is 138 Å². The first-order valence-corrected chi connectivity index (χ1v) is 7.07. The first-order valence-electron chi connectivity index (χ1n) is 7.07. The molecule has 2 atom stereocenters. The second kappa shape index (κ2) is 9.01. The third kappa shape index (κ3) is 7.61. The number of nitrogens with one attached hydrogen (secondary N) is 2. The smallest absolute Gasteiger partial charge is 0.309 e. The lowest BCUT2D eigenvalue weighted by Gasteiger charge is -2.23. The molecule has 0 saturated heterocycles. The van der Waals surface area contributed by atoms with E-state index in [9.17, 15) is 29.4 Å². The van der Waals surface area contributed by atoms with Crippen LogP contribution >= 0.6 is 0 Å². The van der Waals surface area contributed by atoms with Crippen molar-refractivity contribution in [3.05, 3.63) is 0 Å². The van der Waals surface area contributed by atoms with Crippen LogP contribution in [0.3, 0.4) is 0 Å². The lowest BCUT2D eigenvalue weighted by molar-refractivity contribution is -0.310. The van der Waals surface area contributed by atoms with Crippen molar-refractivity contribution < 1.29 is 29.4 Å². The van der Waals surface area contributed by atoms with E-state index in [0.29, 0.717) is 0 Å². The molecule has 0 aromatic carbocycles. The maximum Gasteiger partial charge on any atom is 0.309 e. The molecule has 0 spiro atoms. The number of rotatable bonds is 8. The van der Waals surface area contributed by atoms with Crippen molar-refractivity contribution in [3.8, 4) is 0 Å². The van der Waals surface area contributed by atoms with E-state index < -0.39 is 35.8 Å². The summed E-state index contributed by atoms with van der Waals surface area (Å²) in [5, 5.41) is 25.9. The van der Waals surface area contributed by atoms with Gasteiger partial charge in [0, 0.05) is 0 Å². The van der Waals surface area contributed by atoms with Gasteiger partial charge < -0.3 is 30.4 Å². The maximum atomic E-state index is 11.7. The Morgan fingerprint density at radius 1 is 0.727 bits per heavy atom. The van der Waals surface area contributed by atoms with Crippen molar-refractivity contribution in [2.24, 2.45) is 11.8 Å². The van der Waals surface area contributed by atoms with Gasteiger partial charge in [0.05, 0.1) is 24.0 Å². The summed E-state index contributed by atoms with van der Waals surface area (Å²) in [7, 11) is 0. The van der Waals surface area contributed by atoms with Gasteiger partial charge in [-0.2, -0.15) is 0 Å². The molecule has 2 N–H and O–H groups in total. The van der Waals surface area contributed by atoms with Crippen LogP contribution in [0, 0.1) is 11.8 Å². The number of hydrogen-bond acceptors (Lipinski definition) is 6. The maximum absolute atomic E-state index is 11.7. The van der Waals surface area contributed by atoms with Crippen LogP contribution < -0.4 is 20.8 Å². The van der Waals surface area contributed by atoms with Crippen LogP contribution in [0.25, 0.3) is 0 Å². The fourth-order valence-corrected chi connectivity index (χ4v) is 1.82. The molecule has 0 heterocycles. The van der Waals surface area contributed by atoms with Crippen molar-refractivity contribution >= 4 is 23.8 Å². The Kier molecular flexibility index (Phi) is 8.14. The van der Waals surface area contributed by atoms with Crippen molar-refractivity contribution in [1.82, 2.24) is 10.6 Å². The van der Waals surface area contributed by atoms with E-state index in [0.717, 1.165) is 0 Å². The molecule has 0 aliphatic heterocycles. The lowest BCUT2D eigenvalue weighted by Crippen LogP contribution is -2.56. The zero-order chi connectivity index (χ0) is 17.4. The molecule has 0 aromatic rings. The molecule has 8 heteroatoms. The van der Waals surface area contributed by atoms with Gasteiger partial charge in [-0.1, -0.05) is 27.7 Å². The zero-order valence-electron chi connectivity index (χ0n) is 13.2.